The highest BCUT2D eigenvalue weighted by molar-refractivity contribution is 7.09. The summed E-state index contributed by atoms with van der Waals surface area (Å²) in [5, 5.41) is 8.04. The van der Waals surface area contributed by atoms with Crippen molar-refractivity contribution in [3.05, 3.63) is 57.2 Å². The smallest absolute Gasteiger partial charge is 0.139 e. The van der Waals surface area contributed by atoms with E-state index >= 15 is 0 Å². The Labute approximate surface area is 167 Å². The highest BCUT2D eigenvalue weighted by Gasteiger charge is 2.11. The predicted octanol–water partition coefficient (Wildman–Crippen LogP) is 7.97. The van der Waals surface area contributed by atoms with Crippen molar-refractivity contribution < 1.29 is 4.52 Å². The molecule has 2 aromatic heterocycles. The van der Waals surface area contributed by atoms with E-state index < -0.39 is 0 Å². The van der Waals surface area contributed by atoms with Crippen LogP contribution in [0.15, 0.2) is 40.2 Å². The maximum Gasteiger partial charge on any atom is 0.139 e. The van der Waals surface area contributed by atoms with E-state index in [4.69, 9.17) is 16.1 Å². The minimum atomic E-state index is 0. The summed E-state index contributed by atoms with van der Waals surface area (Å²) in [6, 6.07) is 9.55. The molecule has 0 saturated heterocycles. The van der Waals surface area contributed by atoms with Crippen molar-refractivity contribution in [2.24, 2.45) is 0 Å². The third kappa shape index (κ3) is 6.58. The van der Waals surface area contributed by atoms with Crippen LogP contribution in [0.3, 0.4) is 0 Å². The Morgan fingerprint density at radius 2 is 1.69 bits per heavy atom. The van der Waals surface area contributed by atoms with E-state index in [-0.39, 0.29) is 14.9 Å². The van der Waals surface area contributed by atoms with Crippen molar-refractivity contribution in [1.82, 2.24) is 10.1 Å². The van der Waals surface area contributed by atoms with Gasteiger partial charge in [-0.3, -0.25) is 0 Å². The Balaban J connectivity index is 0.000000496. The van der Waals surface area contributed by atoms with Gasteiger partial charge in [-0.15, -0.1) is 11.3 Å². The molecule has 3 aromatic rings. The van der Waals surface area contributed by atoms with Gasteiger partial charge in [-0.05, 0) is 13.0 Å². The molecule has 0 unspecified atom stereocenters. The van der Waals surface area contributed by atoms with Crippen molar-refractivity contribution in [3.8, 4) is 11.3 Å². The highest BCUT2D eigenvalue weighted by Crippen LogP contribution is 2.28. The van der Waals surface area contributed by atoms with Crippen molar-refractivity contribution >= 4 is 22.9 Å². The standard InChI is InChI=1S/C12H12ClNO.C7H11NS.2CH4/c1-8(2)12-7-11(14-15-12)9-5-3-4-6-10(9)13;1-5(2)7-8-6(3)4-9-7;;/h3-8H,1-2H3;4-5H,1-3H3;2*1H4. The lowest BCUT2D eigenvalue weighted by Crippen LogP contribution is -1.83. The van der Waals surface area contributed by atoms with Crippen LogP contribution in [-0.4, -0.2) is 10.1 Å². The Morgan fingerprint density at radius 3 is 2.12 bits per heavy atom. The van der Waals surface area contributed by atoms with Gasteiger partial charge in [-0.1, -0.05) is 77.5 Å². The molecular formula is C21H31ClN2OS. The zero-order chi connectivity index (χ0) is 17.7. The SMILES string of the molecule is C.C.CC(C)c1cc(-c2ccccc2Cl)no1.Cc1csc(C(C)C)n1. The number of aromatic nitrogens is 2. The van der Waals surface area contributed by atoms with Gasteiger partial charge in [0.05, 0.1) is 10.0 Å². The summed E-state index contributed by atoms with van der Waals surface area (Å²) in [4.78, 5) is 4.33. The molecule has 2 heterocycles. The maximum absolute atomic E-state index is 6.07. The summed E-state index contributed by atoms with van der Waals surface area (Å²) in [5.41, 5.74) is 2.85. The molecule has 0 N–H and O–H groups in total. The number of aryl methyl sites for hydroxylation is 1. The number of benzene rings is 1. The molecule has 26 heavy (non-hydrogen) atoms. The number of rotatable bonds is 3. The van der Waals surface area contributed by atoms with Gasteiger partial charge in [0.25, 0.3) is 0 Å². The lowest BCUT2D eigenvalue weighted by Gasteiger charge is -1.97. The van der Waals surface area contributed by atoms with Crippen molar-refractivity contribution in [2.45, 2.75) is 61.3 Å². The molecule has 0 saturated carbocycles. The Morgan fingerprint density at radius 1 is 1.04 bits per heavy atom. The number of hydrogen-bond acceptors (Lipinski definition) is 4. The van der Waals surface area contributed by atoms with Gasteiger partial charge in [0, 0.05) is 34.5 Å². The second-order valence-corrected chi connectivity index (χ2v) is 7.53. The average Bonchev–Trinajstić information content (AvgIpc) is 3.17. The van der Waals surface area contributed by atoms with Crippen LogP contribution < -0.4 is 0 Å². The fourth-order valence-electron chi connectivity index (χ4n) is 1.99. The van der Waals surface area contributed by atoms with Crippen molar-refractivity contribution in [1.29, 1.82) is 0 Å². The topological polar surface area (TPSA) is 38.9 Å². The molecule has 3 rings (SSSR count). The van der Waals surface area contributed by atoms with Crippen LogP contribution in [0.25, 0.3) is 11.3 Å². The summed E-state index contributed by atoms with van der Waals surface area (Å²) < 4.78 is 5.23. The zero-order valence-electron chi connectivity index (χ0n) is 14.7. The van der Waals surface area contributed by atoms with E-state index in [9.17, 15) is 0 Å². The van der Waals surface area contributed by atoms with Crippen LogP contribution in [-0.2, 0) is 0 Å². The van der Waals surface area contributed by atoms with Gasteiger partial charge in [0.2, 0.25) is 0 Å². The number of halogens is 1. The molecule has 0 aliphatic carbocycles. The quantitative estimate of drug-likeness (QED) is 0.452. The van der Waals surface area contributed by atoms with E-state index in [0.717, 1.165) is 22.7 Å². The first-order chi connectivity index (χ1) is 11.4. The van der Waals surface area contributed by atoms with Gasteiger partial charge in [0.1, 0.15) is 11.5 Å². The van der Waals surface area contributed by atoms with E-state index in [1.54, 1.807) is 11.3 Å². The number of hydrogen-bond donors (Lipinski definition) is 0. The van der Waals surface area contributed by atoms with Gasteiger partial charge < -0.3 is 4.52 Å². The molecule has 0 aliphatic rings. The van der Waals surface area contributed by atoms with E-state index in [0.29, 0.717) is 16.9 Å². The largest absolute Gasteiger partial charge is 0.361 e. The first-order valence-corrected chi connectivity index (χ1v) is 9.27. The lowest BCUT2D eigenvalue weighted by molar-refractivity contribution is 0.373. The molecule has 1 aromatic carbocycles. The Bertz CT molecular complexity index is 778. The van der Waals surface area contributed by atoms with Crippen LogP contribution in [0.2, 0.25) is 5.02 Å². The second-order valence-electron chi connectivity index (χ2n) is 6.23. The van der Waals surface area contributed by atoms with Crippen LogP contribution in [0.5, 0.6) is 0 Å². The zero-order valence-corrected chi connectivity index (χ0v) is 16.3. The van der Waals surface area contributed by atoms with Gasteiger partial charge in [0.15, 0.2) is 0 Å². The molecular weight excluding hydrogens is 364 g/mol. The van der Waals surface area contributed by atoms with E-state index in [2.05, 4.69) is 43.2 Å². The van der Waals surface area contributed by atoms with Crippen molar-refractivity contribution in [2.75, 3.05) is 0 Å². The number of thiazole rings is 1. The third-order valence-corrected chi connectivity index (χ3v) is 4.97. The highest BCUT2D eigenvalue weighted by atomic mass is 35.5. The van der Waals surface area contributed by atoms with Crippen LogP contribution in [0.4, 0.5) is 0 Å². The van der Waals surface area contributed by atoms with Gasteiger partial charge >= 0.3 is 0 Å². The summed E-state index contributed by atoms with van der Waals surface area (Å²) in [6.07, 6.45) is 0. The molecule has 144 valence electrons. The second kappa shape index (κ2) is 11.1. The molecule has 0 radical (unpaired) electrons. The van der Waals surface area contributed by atoms with Crippen LogP contribution in [0.1, 0.15) is 70.8 Å². The number of nitrogens with zero attached hydrogens (tertiary/aromatic N) is 2. The first-order valence-electron chi connectivity index (χ1n) is 8.02. The normalized spacial score (nSPS) is 10.0. The van der Waals surface area contributed by atoms with Crippen LogP contribution in [0, 0.1) is 6.92 Å². The first kappa shape index (κ1) is 24.4. The van der Waals surface area contributed by atoms with Crippen LogP contribution >= 0.6 is 22.9 Å². The fraction of sp³-hybridized carbons (Fsp3) is 0.429. The molecule has 0 bridgehead atoms. The van der Waals surface area contributed by atoms with Crippen molar-refractivity contribution in [3.63, 3.8) is 0 Å². The van der Waals surface area contributed by atoms with Gasteiger partial charge in [-0.2, -0.15) is 0 Å². The van der Waals surface area contributed by atoms with E-state index in [1.165, 1.54) is 5.01 Å². The predicted molar refractivity (Wildman–Crippen MR) is 115 cm³/mol. The summed E-state index contributed by atoms with van der Waals surface area (Å²) in [6.45, 7) is 10.5. The molecule has 0 amide bonds. The maximum atomic E-state index is 6.07. The molecule has 0 atom stereocenters. The molecule has 3 nitrogen and oxygen atoms in total. The summed E-state index contributed by atoms with van der Waals surface area (Å²) in [5.74, 6) is 1.81. The molecule has 0 aliphatic heterocycles. The van der Waals surface area contributed by atoms with Gasteiger partial charge in [-0.25, -0.2) is 4.98 Å². The summed E-state index contributed by atoms with van der Waals surface area (Å²) >= 11 is 7.81. The average molecular weight is 395 g/mol. The minimum Gasteiger partial charge on any atom is -0.361 e. The summed E-state index contributed by atoms with van der Waals surface area (Å²) in [7, 11) is 0. The van der Waals surface area contributed by atoms with E-state index in [1.807, 2.05) is 37.3 Å². The Kier molecular flexibility index (Phi) is 10.4. The molecule has 0 fully saturated rings. The minimum absolute atomic E-state index is 0. The lowest BCUT2D eigenvalue weighted by atomic mass is 10.1. The third-order valence-electron chi connectivity index (χ3n) is 3.38. The fourth-order valence-corrected chi connectivity index (χ4v) is 3.04. The monoisotopic (exact) mass is 394 g/mol. The molecule has 0 spiro atoms. The Hall–Kier alpha value is -1.65. The molecule has 5 heteroatoms.